The molecular weight excluding hydrogens is 460 g/mol. The number of carbonyl (C=O) groups is 2. The molecule has 1 heterocycles. The van der Waals surface area contributed by atoms with E-state index in [4.69, 9.17) is 11.6 Å². The van der Waals surface area contributed by atoms with Crippen molar-refractivity contribution in [3.8, 4) is 0 Å². The number of fused-ring (bicyclic) bond motifs is 1. The number of Topliss-reactive ketones (excluding diaryl/α,β-unsaturated/α-hetero) is 2. The summed E-state index contributed by atoms with van der Waals surface area (Å²) < 4.78 is 50.8. The maximum atomic E-state index is 13.4. The molecule has 0 radical (unpaired) electrons. The average molecular weight is 479 g/mol. The van der Waals surface area contributed by atoms with E-state index in [0.29, 0.717) is 12.0 Å². The fourth-order valence-electron chi connectivity index (χ4n) is 3.98. The van der Waals surface area contributed by atoms with Crippen molar-refractivity contribution < 1.29 is 26.4 Å². The summed E-state index contributed by atoms with van der Waals surface area (Å²) in [4.78, 5) is 26.0. The molecule has 4 rings (SSSR count). The topological polar surface area (TPSA) is 102 Å². The first-order chi connectivity index (χ1) is 14.5. The van der Waals surface area contributed by atoms with Gasteiger partial charge in [-0.3, -0.25) is 9.59 Å². The summed E-state index contributed by atoms with van der Waals surface area (Å²) in [6, 6.07) is 8.77. The van der Waals surface area contributed by atoms with Gasteiger partial charge in [0.2, 0.25) is 9.84 Å². The average Bonchev–Trinajstić information content (AvgIpc) is 3.03. The quantitative estimate of drug-likeness (QED) is 0.491. The lowest BCUT2D eigenvalue weighted by Crippen LogP contribution is -2.24. The van der Waals surface area contributed by atoms with Gasteiger partial charge in [0.25, 0.3) is 0 Å². The largest absolute Gasteiger partial charge is 0.294 e. The third-order valence-corrected chi connectivity index (χ3v) is 9.82. The molecule has 0 unspecified atom stereocenters. The summed E-state index contributed by atoms with van der Waals surface area (Å²) in [7, 11) is -7.51. The van der Waals surface area contributed by atoms with Crippen LogP contribution in [0.3, 0.4) is 0 Å². The Labute approximate surface area is 185 Å². The van der Waals surface area contributed by atoms with Crippen LogP contribution < -0.4 is 0 Å². The van der Waals surface area contributed by atoms with Crippen LogP contribution in [0.2, 0.25) is 5.02 Å². The maximum Gasteiger partial charge on any atom is 0.203 e. The second kappa shape index (κ2) is 7.69. The molecule has 9 heteroatoms. The zero-order valence-corrected chi connectivity index (χ0v) is 19.0. The van der Waals surface area contributed by atoms with Gasteiger partial charge in [0.05, 0.1) is 31.0 Å². The number of rotatable bonds is 4. The Morgan fingerprint density at radius 2 is 1.68 bits per heavy atom. The first kappa shape index (κ1) is 21.9. The zero-order valence-electron chi connectivity index (χ0n) is 16.6. The lowest BCUT2D eigenvalue weighted by atomic mass is 9.91. The van der Waals surface area contributed by atoms with Crippen LogP contribution in [0.25, 0.3) is 0 Å². The van der Waals surface area contributed by atoms with Crippen molar-refractivity contribution >= 4 is 42.8 Å². The smallest absolute Gasteiger partial charge is 0.203 e. The second-order valence-electron chi connectivity index (χ2n) is 7.69. The van der Waals surface area contributed by atoms with Gasteiger partial charge >= 0.3 is 0 Å². The molecule has 0 saturated carbocycles. The Bertz CT molecular complexity index is 1370. The Hall–Kier alpha value is -2.29. The van der Waals surface area contributed by atoms with Crippen LogP contribution in [0.4, 0.5) is 0 Å². The molecule has 0 fully saturated rings. The van der Waals surface area contributed by atoms with Crippen molar-refractivity contribution in [3.05, 3.63) is 68.6 Å². The third kappa shape index (κ3) is 3.66. The van der Waals surface area contributed by atoms with Gasteiger partial charge in [-0.05, 0) is 56.0 Å². The van der Waals surface area contributed by atoms with Gasteiger partial charge in [0.15, 0.2) is 21.4 Å². The summed E-state index contributed by atoms with van der Waals surface area (Å²) in [6.07, 6.45) is 0.621. The SMILES string of the molecule is Cc1ccc(S(=O)(=O)C2=C(C(=O)c3ccc4c(c3Cl)CCS4(=O)=O)C(=O)CCC2)cc1. The second-order valence-corrected chi connectivity index (χ2v) is 12.1. The number of benzene rings is 2. The normalized spacial score (nSPS) is 18.2. The highest BCUT2D eigenvalue weighted by Crippen LogP contribution is 2.38. The number of sulfone groups is 2. The standard InChI is InChI=1S/C22H19ClO6S2/c1-13-5-7-14(8-6-13)31(28,29)19-4-2-3-17(24)20(19)22(25)16-9-10-18-15(21(16)23)11-12-30(18,26)27/h5-10H,2-4,11-12H2,1H3. The van der Waals surface area contributed by atoms with Gasteiger partial charge in [0, 0.05) is 12.0 Å². The van der Waals surface area contributed by atoms with Gasteiger partial charge in [-0.25, -0.2) is 16.8 Å². The van der Waals surface area contributed by atoms with E-state index >= 15 is 0 Å². The molecule has 0 saturated heterocycles. The predicted molar refractivity (Wildman–Crippen MR) is 116 cm³/mol. The van der Waals surface area contributed by atoms with Crippen LogP contribution in [0.1, 0.15) is 40.7 Å². The highest BCUT2D eigenvalue weighted by Gasteiger charge is 2.37. The monoisotopic (exact) mass is 478 g/mol. The molecule has 0 atom stereocenters. The van der Waals surface area contributed by atoms with Crippen LogP contribution in [0.5, 0.6) is 0 Å². The Balaban J connectivity index is 1.88. The van der Waals surface area contributed by atoms with Gasteiger partial charge < -0.3 is 0 Å². The number of hydrogen-bond donors (Lipinski definition) is 0. The molecule has 1 aliphatic carbocycles. The minimum atomic E-state index is -4.06. The molecule has 2 aromatic rings. The number of hydrogen-bond acceptors (Lipinski definition) is 6. The Kier molecular flexibility index (Phi) is 5.44. The van der Waals surface area contributed by atoms with Crippen LogP contribution in [0.15, 0.2) is 56.7 Å². The first-order valence-corrected chi connectivity index (χ1v) is 13.2. The third-order valence-electron chi connectivity index (χ3n) is 5.65. The minimum absolute atomic E-state index is 0.0132. The highest BCUT2D eigenvalue weighted by molar-refractivity contribution is 7.95. The first-order valence-electron chi connectivity index (χ1n) is 9.71. The van der Waals surface area contributed by atoms with Crippen molar-refractivity contribution in [1.82, 2.24) is 0 Å². The van der Waals surface area contributed by atoms with Crippen molar-refractivity contribution in [3.63, 3.8) is 0 Å². The van der Waals surface area contributed by atoms with Crippen molar-refractivity contribution in [2.24, 2.45) is 0 Å². The molecule has 2 aromatic carbocycles. The molecule has 1 aliphatic heterocycles. The van der Waals surface area contributed by atoms with E-state index < -0.39 is 31.2 Å². The van der Waals surface area contributed by atoms with E-state index in [9.17, 15) is 26.4 Å². The van der Waals surface area contributed by atoms with Crippen LogP contribution in [0, 0.1) is 6.92 Å². The fourth-order valence-corrected chi connectivity index (χ4v) is 7.60. The van der Waals surface area contributed by atoms with E-state index in [-0.39, 0.29) is 55.9 Å². The van der Waals surface area contributed by atoms with Gasteiger partial charge in [0.1, 0.15) is 0 Å². The molecule has 0 aromatic heterocycles. The lowest BCUT2D eigenvalue weighted by molar-refractivity contribution is -0.115. The molecule has 162 valence electrons. The van der Waals surface area contributed by atoms with Crippen LogP contribution >= 0.6 is 11.6 Å². The summed E-state index contributed by atoms with van der Waals surface area (Å²) in [5.74, 6) is -1.44. The van der Waals surface area contributed by atoms with Crippen LogP contribution in [-0.4, -0.2) is 34.2 Å². The summed E-state index contributed by atoms with van der Waals surface area (Å²) in [6.45, 7) is 1.82. The van der Waals surface area contributed by atoms with Gasteiger partial charge in [-0.2, -0.15) is 0 Å². The zero-order chi connectivity index (χ0) is 22.6. The van der Waals surface area contributed by atoms with E-state index in [1.165, 1.54) is 24.3 Å². The van der Waals surface area contributed by atoms with Crippen LogP contribution in [-0.2, 0) is 30.9 Å². The highest BCUT2D eigenvalue weighted by atomic mass is 35.5. The molecule has 6 nitrogen and oxygen atoms in total. The molecule has 2 aliphatic rings. The van der Waals surface area contributed by atoms with E-state index in [2.05, 4.69) is 0 Å². The molecule has 31 heavy (non-hydrogen) atoms. The molecule has 0 N–H and O–H groups in total. The number of allylic oxidation sites excluding steroid dienone is 2. The van der Waals surface area contributed by atoms with E-state index in [1.807, 2.05) is 6.92 Å². The van der Waals surface area contributed by atoms with Crippen molar-refractivity contribution in [1.29, 1.82) is 0 Å². The summed E-state index contributed by atoms with van der Waals surface area (Å²) >= 11 is 6.37. The maximum absolute atomic E-state index is 13.4. The lowest BCUT2D eigenvalue weighted by Gasteiger charge is -2.20. The Morgan fingerprint density at radius 1 is 1.00 bits per heavy atom. The van der Waals surface area contributed by atoms with Crippen molar-refractivity contribution in [2.75, 3.05) is 5.75 Å². The fraction of sp³-hybridized carbons (Fsp3) is 0.273. The minimum Gasteiger partial charge on any atom is -0.294 e. The predicted octanol–water partition coefficient (Wildman–Crippen LogP) is 3.64. The Morgan fingerprint density at radius 3 is 2.35 bits per heavy atom. The molecule has 0 bridgehead atoms. The summed E-state index contributed by atoms with van der Waals surface area (Å²) in [5.41, 5.74) is 0.775. The number of aryl methyl sites for hydroxylation is 1. The number of carbonyl (C=O) groups excluding carboxylic acids is 2. The number of ketones is 2. The van der Waals surface area contributed by atoms with Gasteiger partial charge in [-0.1, -0.05) is 29.3 Å². The van der Waals surface area contributed by atoms with Crippen molar-refractivity contribution in [2.45, 2.75) is 42.4 Å². The van der Waals surface area contributed by atoms with Gasteiger partial charge in [-0.15, -0.1) is 0 Å². The summed E-state index contributed by atoms with van der Waals surface area (Å²) in [5, 5.41) is -0.0402. The molecule has 0 amide bonds. The van der Waals surface area contributed by atoms with E-state index in [1.54, 1.807) is 12.1 Å². The van der Waals surface area contributed by atoms with E-state index in [0.717, 1.165) is 5.56 Å². The number of halogens is 1. The molecule has 0 spiro atoms. The molecular formula is C22H19ClO6S2.